The number of amides is 1. The fourth-order valence-corrected chi connectivity index (χ4v) is 2.51. The first-order chi connectivity index (χ1) is 10.2. The van der Waals surface area contributed by atoms with Gasteiger partial charge in [0, 0.05) is 11.2 Å². The van der Waals surface area contributed by atoms with Gasteiger partial charge in [0.25, 0.3) is 0 Å². The van der Waals surface area contributed by atoms with E-state index in [9.17, 15) is 14.4 Å². The molecule has 0 fully saturated rings. The van der Waals surface area contributed by atoms with Crippen molar-refractivity contribution in [3.8, 4) is 0 Å². The monoisotopic (exact) mass is 327 g/mol. The van der Waals surface area contributed by atoms with Gasteiger partial charge in [0.15, 0.2) is 0 Å². The molecule has 1 aromatic heterocycles. The molecule has 0 radical (unpaired) electrons. The molecule has 8 heteroatoms. The van der Waals surface area contributed by atoms with Gasteiger partial charge in [-0.15, -0.1) is 0 Å². The molecule has 22 heavy (non-hydrogen) atoms. The number of rotatable bonds is 6. The van der Waals surface area contributed by atoms with Crippen molar-refractivity contribution in [3.05, 3.63) is 21.7 Å². The van der Waals surface area contributed by atoms with Gasteiger partial charge in [0.05, 0.1) is 12.9 Å². The Kier molecular flexibility index (Phi) is 6.16. The number of aromatic nitrogens is 2. The highest BCUT2D eigenvalue weighted by Gasteiger charge is 2.21. The summed E-state index contributed by atoms with van der Waals surface area (Å²) in [7, 11) is 1.25. The van der Waals surface area contributed by atoms with Crippen molar-refractivity contribution in [3.63, 3.8) is 0 Å². The molecule has 0 spiro atoms. The summed E-state index contributed by atoms with van der Waals surface area (Å²) in [5.41, 5.74) is -0.333. The summed E-state index contributed by atoms with van der Waals surface area (Å²) < 4.78 is 4.69. The van der Waals surface area contributed by atoms with Crippen LogP contribution in [0.4, 0.5) is 0 Å². The first kappa shape index (κ1) is 18.2. The summed E-state index contributed by atoms with van der Waals surface area (Å²) in [6, 6.07) is 0. The molecule has 1 amide bonds. The fourth-order valence-electron chi connectivity index (χ4n) is 1.64. The van der Waals surface area contributed by atoms with E-state index in [1.165, 1.54) is 7.11 Å². The van der Waals surface area contributed by atoms with E-state index in [1.807, 2.05) is 20.8 Å². The van der Waals surface area contributed by atoms with E-state index in [0.717, 1.165) is 18.2 Å². The molecule has 0 saturated carbocycles. The molecule has 2 N–H and O–H groups in total. The molecule has 0 atom stereocenters. The lowest BCUT2D eigenvalue weighted by Gasteiger charge is -2.24. The van der Waals surface area contributed by atoms with E-state index < -0.39 is 11.7 Å². The van der Waals surface area contributed by atoms with Crippen molar-refractivity contribution >= 4 is 23.6 Å². The molecule has 0 aliphatic heterocycles. The summed E-state index contributed by atoms with van der Waals surface area (Å²) in [4.78, 5) is 41.4. The number of aryl methyl sites for hydroxylation is 1. The molecule has 7 nitrogen and oxygen atoms in total. The second-order valence-corrected chi connectivity index (χ2v) is 6.38. The van der Waals surface area contributed by atoms with Crippen LogP contribution in [0.5, 0.6) is 0 Å². The number of methoxy groups -OCH3 is 1. The number of esters is 1. The zero-order chi connectivity index (χ0) is 16.9. The van der Waals surface area contributed by atoms with Crippen LogP contribution in [0.15, 0.2) is 9.82 Å². The third-order valence-electron chi connectivity index (χ3n) is 3.18. The van der Waals surface area contributed by atoms with Crippen LogP contribution in [0, 0.1) is 6.92 Å². The molecule has 1 aromatic rings. The van der Waals surface area contributed by atoms with Crippen molar-refractivity contribution in [1.29, 1.82) is 0 Å². The quantitative estimate of drug-likeness (QED) is 0.463. The third kappa shape index (κ3) is 4.87. The minimum atomic E-state index is -0.599. The summed E-state index contributed by atoms with van der Waals surface area (Å²) >= 11 is 1.03. The predicted molar refractivity (Wildman–Crippen MR) is 84.2 cm³/mol. The standard InChI is InChI=1S/C14H21N3O4S/c1-6-14(3,4)17-9(18)7-22-11-10(12(19)21-5)8(2)15-13(20)16-11/h6-7H2,1-5H3,(H,17,18)(H,15,16,20). The second-order valence-electron chi connectivity index (χ2n) is 5.41. The van der Waals surface area contributed by atoms with Crippen LogP contribution in [0.1, 0.15) is 43.2 Å². The Morgan fingerprint density at radius 2 is 2.05 bits per heavy atom. The van der Waals surface area contributed by atoms with Gasteiger partial charge in [-0.05, 0) is 27.2 Å². The number of ether oxygens (including phenoxy) is 1. The average Bonchev–Trinajstić information content (AvgIpc) is 2.43. The molecular weight excluding hydrogens is 306 g/mol. The fraction of sp³-hybridized carbons (Fsp3) is 0.571. The van der Waals surface area contributed by atoms with Crippen molar-refractivity contribution in [1.82, 2.24) is 15.3 Å². The minimum Gasteiger partial charge on any atom is -0.465 e. The number of thioether (sulfide) groups is 1. The van der Waals surface area contributed by atoms with Crippen LogP contribution in [-0.2, 0) is 9.53 Å². The zero-order valence-electron chi connectivity index (χ0n) is 13.4. The molecule has 0 bridgehead atoms. The van der Waals surface area contributed by atoms with Crippen molar-refractivity contribution in [2.24, 2.45) is 0 Å². The normalized spacial score (nSPS) is 11.1. The van der Waals surface area contributed by atoms with Gasteiger partial charge in [-0.2, -0.15) is 4.98 Å². The van der Waals surface area contributed by atoms with Crippen LogP contribution < -0.4 is 11.0 Å². The van der Waals surface area contributed by atoms with Crippen LogP contribution in [0.2, 0.25) is 0 Å². The number of carbonyl (C=O) groups is 2. The number of carbonyl (C=O) groups excluding carboxylic acids is 2. The Balaban J connectivity index is 2.92. The Bertz CT molecular complexity index is 625. The molecule has 0 aliphatic rings. The summed E-state index contributed by atoms with van der Waals surface area (Å²) in [5.74, 6) is -0.728. The Morgan fingerprint density at radius 1 is 1.41 bits per heavy atom. The molecule has 122 valence electrons. The SMILES string of the molecule is CCC(C)(C)NC(=O)CSc1nc(=O)[nH]c(C)c1C(=O)OC. The van der Waals surface area contributed by atoms with Gasteiger partial charge in [-0.25, -0.2) is 9.59 Å². The molecule has 1 heterocycles. The van der Waals surface area contributed by atoms with Gasteiger partial charge in [0.1, 0.15) is 10.6 Å². The van der Waals surface area contributed by atoms with E-state index in [4.69, 9.17) is 0 Å². The van der Waals surface area contributed by atoms with Gasteiger partial charge in [0.2, 0.25) is 5.91 Å². The lowest BCUT2D eigenvalue weighted by molar-refractivity contribution is -0.120. The maximum absolute atomic E-state index is 11.9. The highest BCUT2D eigenvalue weighted by Crippen LogP contribution is 2.21. The molecule has 0 aromatic carbocycles. The summed E-state index contributed by atoms with van der Waals surface area (Å²) in [6.45, 7) is 7.40. The van der Waals surface area contributed by atoms with Crippen LogP contribution in [-0.4, -0.2) is 40.2 Å². The number of aromatic amines is 1. The maximum Gasteiger partial charge on any atom is 0.346 e. The predicted octanol–water partition coefficient (Wildman–Crippen LogP) is 1.26. The van der Waals surface area contributed by atoms with E-state index in [0.29, 0.717) is 5.69 Å². The van der Waals surface area contributed by atoms with Crippen molar-refractivity contribution < 1.29 is 14.3 Å². The Morgan fingerprint density at radius 3 is 2.59 bits per heavy atom. The second kappa shape index (κ2) is 7.44. The van der Waals surface area contributed by atoms with E-state index >= 15 is 0 Å². The maximum atomic E-state index is 11.9. The summed E-state index contributed by atoms with van der Waals surface area (Å²) in [5, 5.41) is 3.07. The number of nitrogens with zero attached hydrogens (tertiary/aromatic N) is 1. The molecule has 1 rings (SSSR count). The largest absolute Gasteiger partial charge is 0.465 e. The lowest BCUT2D eigenvalue weighted by Crippen LogP contribution is -2.43. The van der Waals surface area contributed by atoms with Gasteiger partial charge in [-0.3, -0.25) is 4.79 Å². The Labute approximate surface area is 133 Å². The molecule has 0 unspecified atom stereocenters. The first-order valence-corrected chi connectivity index (χ1v) is 7.81. The molecule has 0 saturated heterocycles. The lowest BCUT2D eigenvalue weighted by atomic mass is 10.0. The molecular formula is C14H21N3O4S. The van der Waals surface area contributed by atoms with E-state index in [1.54, 1.807) is 6.92 Å². The number of hydrogen-bond acceptors (Lipinski definition) is 6. The van der Waals surface area contributed by atoms with Gasteiger partial charge >= 0.3 is 11.7 Å². The van der Waals surface area contributed by atoms with E-state index in [2.05, 4.69) is 20.0 Å². The highest BCUT2D eigenvalue weighted by atomic mass is 32.2. The van der Waals surface area contributed by atoms with Gasteiger partial charge in [-0.1, -0.05) is 18.7 Å². The van der Waals surface area contributed by atoms with Crippen molar-refractivity contribution in [2.75, 3.05) is 12.9 Å². The van der Waals surface area contributed by atoms with Crippen LogP contribution in [0.25, 0.3) is 0 Å². The zero-order valence-corrected chi connectivity index (χ0v) is 14.2. The number of nitrogens with one attached hydrogen (secondary N) is 2. The topological polar surface area (TPSA) is 101 Å². The first-order valence-electron chi connectivity index (χ1n) is 6.83. The average molecular weight is 327 g/mol. The third-order valence-corrected chi connectivity index (χ3v) is 4.15. The van der Waals surface area contributed by atoms with Crippen LogP contribution >= 0.6 is 11.8 Å². The Hall–Kier alpha value is -1.83. The highest BCUT2D eigenvalue weighted by molar-refractivity contribution is 8.00. The smallest absolute Gasteiger partial charge is 0.346 e. The number of H-pyrrole nitrogens is 1. The minimum absolute atomic E-state index is 0.0588. The van der Waals surface area contributed by atoms with E-state index in [-0.39, 0.29) is 27.8 Å². The van der Waals surface area contributed by atoms with Gasteiger partial charge < -0.3 is 15.0 Å². The van der Waals surface area contributed by atoms with Crippen molar-refractivity contribution in [2.45, 2.75) is 44.7 Å². The van der Waals surface area contributed by atoms with Crippen LogP contribution in [0.3, 0.4) is 0 Å². The number of hydrogen-bond donors (Lipinski definition) is 2. The molecule has 0 aliphatic carbocycles. The summed E-state index contributed by atoms with van der Waals surface area (Å²) in [6.07, 6.45) is 0.791.